The summed E-state index contributed by atoms with van der Waals surface area (Å²) in [7, 11) is -4.19. The van der Waals surface area contributed by atoms with E-state index in [1.165, 1.54) is 29.2 Å². The van der Waals surface area contributed by atoms with Crippen molar-refractivity contribution in [1.82, 2.24) is 10.2 Å². The first-order chi connectivity index (χ1) is 18.8. The lowest BCUT2D eigenvalue weighted by atomic mass is 10.1. The molecule has 0 saturated heterocycles. The standard InChI is InChI=1S/C29H32Cl3N3O4S/c1-5-20(3)33-29(37)21(4)34(17-22-10-15-25(31)26(32)16-22)28(36)18-35(27-9-7-6-8-19(27)2)40(38,39)24-13-11-23(30)12-14-24/h6-16,20-21H,5,17-18H2,1-4H3,(H,33,37)/t20-,21+/m0/s1. The second kappa shape index (κ2) is 13.7. The predicted molar refractivity (Wildman–Crippen MR) is 162 cm³/mol. The minimum atomic E-state index is -4.19. The van der Waals surface area contributed by atoms with Crippen molar-refractivity contribution in [2.24, 2.45) is 0 Å². The Kier molecular flexibility index (Phi) is 10.9. The molecule has 7 nitrogen and oxygen atoms in total. The summed E-state index contributed by atoms with van der Waals surface area (Å²) in [6.45, 7) is 6.65. The lowest BCUT2D eigenvalue weighted by molar-refractivity contribution is -0.139. The minimum Gasteiger partial charge on any atom is -0.352 e. The average molecular weight is 625 g/mol. The second-order valence-corrected chi connectivity index (χ2v) is 12.6. The molecule has 3 rings (SSSR count). The van der Waals surface area contributed by atoms with Crippen molar-refractivity contribution in [3.8, 4) is 0 Å². The molecule has 0 radical (unpaired) electrons. The van der Waals surface area contributed by atoms with Crippen molar-refractivity contribution in [3.63, 3.8) is 0 Å². The highest BCUT2D eigenvalue weighted by atomic mass is 35.5. The SMILES string of the molecule is CC[C@H](C)NC(=O)[C@@H](C)N(Cc1ccc(Cl)c(Cl)c1)C(=O)CN(c1ccccc1C)S(=O)(=O)c1ccc(Cl)cc1. The number of sulfonamides is 1. The molecule has 2 amide bonds. The van der Waals surface area contributed by atoms with Gasteiger partial charge < -0.3 is 10.2 Å². The molecule has 0 heterocycles. The molecular formula is C29H32Cl3N3O4S. The van der Waals surface area contributed by atoms with Gasteiger partial charge in [0.2, 0.25) is 11.8 Å². The van der Waals surface area contributed by atoms with Crippen LogP contribution in [-0.2, 0) is 26.2 Å². The minimum absolute atomic E-state index is 0.00736. The zero-order chi connectivity index (χ0) is 29.6. The van der Waals surface area contributed by atoms with Gasteiger partial charge in [-0.2, -0.15) is 0 Å². The van der Waals surface area contributed by atoms with Gasteiger partial charge in [0.25, 0.3) is 10.0 Å². The van der Waals surface area contributed by atoms with E-state index in [0.29, 0.717) is 38.3 Å². The molecule has 2 atom stereocenters. The topological polar surface area (TPSA) is 86.8 Å². The Hall–Kier alpha value is -2.78. The number of hydrogen-bond acceptors (Lipinski definition) is 4. The maximum absolute atomic E-state index is 14.0. The molecule has 11 heteroatoms. The van der Waals surface area contributed by atoms with Crippen LogP contribution in [-0.4, -0.2) is 43.8 Å². The van der Waals surface area contributed by atoms with Crippen molar-refractivity contribution in [2.45, 2.75) is 57.6 Å². The van der Waals surface area contributed by atoms with Crippen molar-refractivity contribution >= 4 is 62.3 Å². The highest BCUT2D eigenvalue weighted by molar-refractivity contribution is 7.92. The van der Waals surface area contributed by atoms with Gasteiger partial charge in [-0.25, -0.2) is 8.42 Å². The summed E-state index contributed by atoms with van der Waals surface area (Å²) in [5.74, 6) is -0.926. The third-order valence-electron chi connectivity index (χ3n) is 6.57. The summed E-state index contributed by atoms with van der Waals surface area (Å²) < 4.78 is 28.8. The van der Waals surface area contributed by atoms with Crippen LogP contribution in [0.3, 0.4) is 0 Å². The smallest absolute Gasteiger partial charge is 0.264 e. The van der Waals surface area contributed by atoms with Gasteiger partial charge in [0.05, 0.1) is 20.6 Å². The molecule has 0 aromatic heterocycles. The van der Waals surface area contributed by atoms with Crippen molar-refractivity contribution in [3.05, 3.63) is 92.9 Å². The molecular weight excluding hydrogens is 593 g/mol. The van der Waals surface area contributed by atoms with E-state index >= 15 is 0 Å². The zero-order valence-corrected chi connectivity index (χ0v) is 25.8. The van der Waals surface area contributed by atoms with E-state index < -0.39 is 28.5 Å². The van der Waals surface area contributed by atoms with Crippen molar-refractivity contribution < 1.29 is 18.0 Å². The molecule has 40 heavy (non-hydrogen) atoms. The highest BCUT2D eigenvalue weighted by Crippen LogP contribution is 2.28. The molecule has 3 aromatic rings. The predicted octanol–water partition coefficient (Wildman–Crippen LogP) is 6.48. The van der Waals surface area contributed by atoms with Crippen LogP contribution in [0.25, 0.3) is 0 Å². The van der Waals surface area contributed by atoms with Crippen LogP contribution in [0.1, 0.15) is 38.3 Å². The first kappa shape index (κ1) is 31.7. The van der Waals surface area contributed by atoms with Gasteiger partial charge >= 0.3 is 0 Å². The van der Waals surface area contributed by atoms with E-state index in [2.05, 4.69) is 5.32 Å². The Bertz CT molecular complexity index is 1470. The second-order valence-electron chi connectivity index (χ2n) is 9.52. The van der Waals surface area contributed by atoms with Crippen LogP contribution in [0, 0.1) is 6.92 Å². The quantitative estimate of drug-likeness (QED) is 0.265. The molecule has 0 aliphatic carbocycles. The van der Waals surface area contributed by atoms with E-state index in [-0.39, 0.29) is 23.4 Å². The lowest BCUT2D eigenvalue weighted by Crippen LogP contribution is -2.52. The van der Waals surface area contributed by atoms with Gasteiger partial charge in [-0.15, -0.1) is 0 Å². The number of hydrogen-bond donors (Lipinski definition) is 1. The summed E-state index contributed by atoms with van der Waals surface area (Å²) in [6.07, 6.45) is 0.708. The number of carbonyl (C=O) groups excluding carboxylic acids is 2. The van der Waals surface area contributed by atoms with Crippen LogP contribution in [0.15, 0.2) is 71.6 Å². The normalized spacial score (nSPS) is 12.9. The third kappa shape index (κ3) is 7.69. The van der Waals surface area contributed by atoms with E-state index in [4.69, 9.17) is 34.8 Å². The Morgan fingerprint density at radius 2 is 1.57 bits per heavy atom. The highest BCUT2D eigenvalue weighted by Gasteiger charge is 2.33. The fourth-order valence-corrected chi connectivity index (χ4v) is 5.90. The van der Waals surface area contributed by atoms with Crippen LogP contribution in [0.4, 0.5) is 5.69 Å². The number of carbonyl (C=O) groups is 2. The van der Waals surface area contributed by atoms with Crippen LogP contribution < -0.4 is 9.62 Å². The average Bonchev–Trinajstić information content (AvgIpc) is 2.92. The van der Waals surface area contributed by atoms with Gasteiger partial charge in [0.1, 0.15) is 12.6 Å². The summed E-state index contributed by atoms with van der Waals surface area (Å²) >= 11 is 18.3. The zero-order valence-electron chi connectivity index (χ0n) is 22.7. The molecule has 0 saturated carbocycles. The Labute approximate surface area is 251 Å². The Morgan fingerprint density at radius 3 is 2.17 bits per heavy atom. The summed E-state index contributed by atoms with van der Waals surface area (Å²) in [5.41, 5.74) is 1.64. The van der Waals surface area contributed by atoms with Crippen LogP contribution in [0.2, 0.25) is 15.1 Å². The van der Waals surface area contributed by atoms with E-state index in [1.807, 2.05) is 13.8 Å². The number of aryl methyl sites for hydroxylation is 1. The summed E-state index contributed by atoms with van der Waals surface area (Å²) in [6, 6.07) is 16.5. The number of benzene rings is 3. The van der Waals surface area contributed by atoms with Crippen molar-refractivity contribution in [1.29, 1.82) is 0 Å². The number of anilines is 1. The van der Waals surface area contributed by atoms with E-state index in [0.717, 1.165) is 4.31 Å². The van der Waals surface area contributed by atoms with Gasteiger partial charge in [0.15, 0.2) is 0 Å². The molecule has 1 N–H and O–H groups in total. The van der Waals surface area contributed by atoms with Crippen LogP contribution >= 0.6 is 34.8 Å². The van der Waals surface area contributed by atoms with E-state index in [9.17, 15) is 18.0 Å². The van der Waals surface area contributed by atoms with Gasteiger partial charge in [-0.3, -0.25) is 13.9 Å². The fourth-order valence-electron chi connectivity index (χ4n) is 3.97. The molecule has 0 bridgehead atoms. The first-order valence-corrected chi connectivity index (χ1v) is 15.3. The molecule has 214 valence electrons. The molecule has 0 aliphatic heterocycles. The maximum atomic E-state index is 14.0. The Balaban J connectivity index is 2.05. The summed E-state index contributed by atoms with van der Waals surface area (Å²) in [5, 5.41) is 3.94. The lowest BCUT2D eigenvalue weighted by Gasteiger charge is -2.33. The molecule has 0 unspecified atom stereocenters. The number of nitrogens with zero attached hydrogens (tertiary/aromatic N) is 2. The maximum Gasteiger partial charge on any atom is 0.264 e. The summed E-state index contributed by atoms with van der Waals surface area (Å²) in [4.78, 5) is 28.4. The van der Waals surface area contributed by atoms with Gasteiger partial charge in [-0.05, 0) is 80.8 Å². The van der Waals surface area contributed by atoms with E-state index in [1.54, 1.807) is 56.3 Å². The van der Waals surface area contributed by atoms with Gasteiger partial charge in [0, 0.05) is 17.6 Å². The largest absolute Gasteiger partial charge is 0.352 e. The monoisotopic (exact) mass is 623 g/mol. The number of rotatable bonds is 11. The number of para-hydroxylation sites is 1. The van der Waals surface area contributed by atoms with Gasteiger partial charge in [-0.1, -0.05) is 66.0 Å². The fraction of sp³-hybridized carbons (Fsp3) is 0.310. The Morgan fingerprint density at radius 1 is 0.925 bits per heavy atom. The van der Waals surface area contributed by atoms with Crippen LogP contribution in [0.5, 0.6) is 0 Å². The molecule has 0 aliphatic rings. The molecule has 0 spiro atoms. The number of amides is 2. The third-order valence-corrected chi connectivity index (χ3v) is 9.33. The molecule has 0 fully saturated rings. The molecule has 3 aromatic carbocycles. The number of nitrogens with one attached hydrogen (secondary N) is 1. The van der Waals surface area contributed by atoms with Crippen molar-refractivity contribution in [2.75, 3.05) is 10.8 Å². The number of halogens is 3. The first-order valence-electron chi connectivity index (χ1n) is 12.7.